The summed E-state index contributed by atoms with van der Waals surface area (Å²) in [5.74, 6) is 0.569. The van der Waals surface area contributed by atoms with Gasteiger partial charge in [-0.05, 0) is 11.6 Å². The predicted molar refractivity (Wildman–Crippen MR) is 51.6 cm³/mol. The number of hydrogen-bond acceptors (Lipinski definition) is 2. The summed E-state index contributed by atoms with van der Waals surface area (Å²) in [4.78, 5) is 3.90. The summed E-state index contributed by atoms with van der Waals surface area (Å²) in [5.41, 5.74) is 6.50. The first-order valence-corrected chi connectivity index (χ1v) is 3.71. The Balaban J connectivity index is 0.000000810. The molecule has 2 nitrogen and oxygen atoms in total. The third-order valence-corrected chi connectivity index (χ3v) is 1.65. The maximum atomic E-state index is 5.35. The van der Waals surface area contributed by atoms with Crippen LogP contribution >= 0.6 is 32.9 Å². The van der Waals surface area contributed by atoms with Gasteiger partial charge < -0.3 is 5.73 Å². The van der Waals surface area contributed by atoms with Gasteiger partial charge >= 0.3 is 0 Å². The van der Waals surface area contributed by atoms with Crippen molar-refractivity contribution < 1.29 is 0 Å². The second-order valence-corrected chi connectivity index (χ2v) is 2.29. The van der Waals surface area contributed by atoms with Crippen LogP contribution in [0, 0.1) is 0 Å². The molecule has 0 spiro atoms. The Morgan fingerprint density at radius 3 is 2.60 bits per heavy atom. The normalized spacial score (nSPS) is 8.50. The van der Waals surface area contributed by atoms with Crippen LogP contribution in [-0.2, 0) is 5.33 Å². The zero-order valence-electron chi connectivity index (χ0n) is 5.25. The minimum absolute atomic E-state index is 0. The van der Waals surface area contributed by atoms with Crippen molar-refractivity contribution in [3.8, 4) is 0 Å². The molecule has 1 aromatic rings. The lowest BCUT2D eigenvalue weighted by atomic mass is 10.3. The minimum Gasteiger partial charge on any atom is -0.384 e. The SMILES string of the molecule is Br.Nc1ccc(CBr)cn1. The van der Waals surface area contributed by atoms with Crippen molar-refractivity contribution in [2.45, 2.75) is 5.33 Å². The van der Waals surface area contributed by atoms with Gasteiger partial charge in [-0.25, -0.2) is 4.98 Å². The third-order valence-electron chi connectivity index (χ3n) is 1.00. The smallest absolute Gasteiger partial charge is 0.123 e. The number of hydrogen-bond donors (Lipinski definition) is 1. The van der Waals surface area contributed by atoms with Gasteiger partial charge in [0.15, 0.2) is 0 Å². The molecular formula is C6H8Br2N2. The van der Waals surface area contributed by atoms with Gasteiger partial charge in [0, 0.05) is 11.5 Å². The Morgan fingerprint density at radius 2 is 2.20 bits per heavy atom. The monoisotopic (exact) mass is 266 g/mol. The van der Waals surface area contributed by atoms with E-state index in [-0.39, 0.29) is 17.0 Å². The molecule has 0 aromatic carbocycles. The lowest BCUT2D eigenvalue weighted by Gasteiger charge is -1.92. The van der Waals surface area contributed by atoms with Crippen molar-refractivity contribution in [1.82, 2.24) is 4.98 Å². The van der Waals surface area contributed by atoms with Crippen LogP contribution in [0.2, 0.25) is 0 Å². The molecule has 0 unspecified atom stereocenters. The lowest BCUT2D eigenvalue weighted by molar-refractivity contribution is 1.27. The van der Waals surface area contributed by atoms with Gasteiger partial charge in [0.1, 0.15) is 5.82 Å². The van der Waals surface area contributed by atoms with Gasteiger partial charge in [-0.3, -0.25) is 0 Å². The molecule has 0 aliphatic heterocycles. The van der Waals surface area contributed by atoms with Gasteiger partial charge in [-0.15, -0.1) is 17.0 Å². The second-order valence-electron chi connectivity index (χ2n) is 1.72. The average Bonchev–Trinajstić information content (AvgIpc) is 1.90. The predicted octanol–water partition coefficient (Wildman–Crippen LogP) is 2.14. The summed E-state index contributed by atoms with van der Waals surface area (Å²) >= 11 is 3.30. The van der Waals surface area contributed by atoms with Crippen LogP contribution in [0.15, 0.2) is 18.3 Å². The number of halogens is 2. The van der Waals surface area contributed by atoms with Crippen molar-refractivity contribution in [2.75, 3.05) is 5.73 Å². The number of aromatic nitrogens is 1. The topological polar surface area (TPSA) is 38.9 Å². The summed E-state index contributed by atoms with van der Waals surface area (Å²) in [6, 6.07) is 3.73. The Kier molecular flexibility index (Phi) is 4.64. The molecular weight excluding hydrogens is 260 g/mol. The number of alkyl halides is 1. The van der Waals surface area contributed by atoms with E-state index >= 15 is 0 Å². The summed E-state index contributed by atoms with van der Waals surface area (Å²) in [7, 11) is 0. The van der Waals surface area contributed by atoms with Crippen molar-refractivity contribution >= 4 is 38.7 Å². The Labute approximate surface area is 78.7 Å². The molecule has 0 saturated carbocycles. The molecule has 0 saturated heterocycles. The average molecular weight is 268 g/mol. The molecule has 1 heterocycles. The van der Waals surface area contributed by atoms with Gasteiger partial charge in [0.25, 0.3) is 0 Å². The van der Waals surface area contributed by atoms with Crippen molar-refractivity contribution in [3.63, 3.8) is 0 Å². The van der Waals surface area contributed by atoms with Crippen LogP contribution in [0.25, 0.3) is 0 Å². The maximum absolute atomic E-state index is 5.35. The van der Waals surface area contributed by atoms with E-state index in [4.69, 9.17) is 5.73 Å². The molecule has 1 rings (SSSR count). The summed E-state index contributed by atoms with van der Waals surface area (Å²) in [5, 5.41) is 0.834. The molecule has 1 aromatic heterocycles. The number of pyridine rings is 1. The molecule has 56 valence electrons. The van der Waals surface area contributed by atoms with Crippen LogP contribution in [0.1, 0.15) is 5.56 Å². The number of nitrogens with zero attached hydrogens (tertiary/aromatic N) is 1. The van der Waals surface area contributed by atoms with Gasteiger partial charge in [0.2, 0.25) is 0 Å². The summed E-state index contributed by atoms with van der Waals surface area (Å²) in [6.07, 6.45) is 1.75. The Hall–Kier alpha value is -0.0900. The number of rotatable bonds is 1. The van der Waals surface area contributed by atoms with Crippen molar-refractivity contribution in [1.29, 1.82) is 0 Å². The zero-order valence-corrected chi connectivity index (χ0v) is 8.55. The molecule has 0 aliphatic rings. The molecule has 0 aliphatic carbocycles. The Morgan fingerprint density at radius 1 is 1.50 bits per heavy atom. The Bertz CT molecular complexity index is 185. The van der Waals surface area contributed by atoms with Crippen LogP contribution in [0.5, 0.6) is 0 Å². The molecule has 0 atom stereocenters. The minimum atomic E-state index is 0. The van der Waals surface area contributed by atoms with E-state index in [0.717, 1.165) is 10.9 Å². The van der Waals surface area contributed by atoms with Crippen molar-refractivity contribution in [3.05, 3.63) is 23.9 Å². The summed E-state index contributed by atoms with van der Waals surface area (Å²) < 4.78 is 0. The largest absolute Gasteiger partial charge is 0.384 e. The van der Waals surface area contributed by atoms with Gasteiger partial charge in [-0.2, -0.15) is 0 Å². The first kappa shape index (κ1) is 9.91. The lowest BCUT2D eigenvalue weighted by Crippen LogP contribution is -1.88. The molecule has 0 radical (unpaired) electrons. The fourth-order valence-electron chi connectivity index (χ4n) is 0.515. The molecule has 4 heteroatoms. The van der Waals surface area contributed by atoms with E-state index in [0.29, 0.717) is 5.82 Å². The molecule has 10 heavy (non-hydrogen) atoms. The highest BCUT2D eigenvalue weighted by Crippen LogP contribution is 2.04. The second kappa shape index (κ2) is 4.68. The van der Waals surface area contributed by atoms with Crippen molar-refractivity contribution in [2.24, 2.45) is 0 Å². The van der Waals surface area contributed by atoms with Crippen LogP contribution in [-0.4, -0.2) is 4.98 Å². The summed E-state index contributed by atoms with van der Waals surface area (Å²) in [6.45, 7) is 0. The fourth-order valence-corrected chi connectivity index (χ4v) is 0.847. The van der Waals surface area contributed by atoms with E-state index in [1.807, 2.05) is 6.07 Å². The van der Waals surface area contributed by atoms with Gasteiger partial charge in [-0.1, -0.05) is 22.0 Å². The molecule has 2 N–H and O–H groups in total. The highest BCUT2D eigenvalue weighted by atomic mass is 79.9. The maximum Gasteiger partial charge on any atom is 0.123 e. The number of anilines is 1. The quantitative estimate of drug-likeness (QED) is 0.792. The highest BCUT2D eigenvalue weighted by Gasteiger charge is 1.87. The third kappa shape index (κ3) is 2.66. The highest BCUT2D eigenvalue weighted by molar-refractivity contribution is 9.08. The van der Waals surface area contributed by atoms with E-state index in [2.05, 4.69) is 20.9 Å². The van der Waals surface area contributed by atoms with E-state index in [1.165, 1.54) is 0 Å². The van der Waals surface area contributed by atoms with E-state index in [9.17, 15) is 0 Å². The molecule has 0 amide bonds. The van der Waals surface area contributed by atoms with E-state index in [1.54, 1.807) is 12.3 Å². The van der Waals surface area contributed by atoms with Crippen LogP contribution in [0.4, 0.5) is 5.82 Å². The first-order chi connectivity index (χ1) is 4.33. The molecule has 0 fully saturated rings. The standard InChI is InChI=1S/C6H7BrN2.BrH/c7-3-5-1-2-6(8)9-4-5;/h1-2,4H,3H2,(H2,8,9);1H. The number of nitrogens with two attached hydrogens (primary N) is 1. The van der Waals surface area contributed by atoms with Crippen LogP contribution in [0.3, 0.4) is 0 Å². The van der Waals surface area contributed by atoms with Gasteiger partial charge in [0.05, 0.1) is 0 Å². The van der Waals surface area contributed by atoms with Crippen LogP contribution < -0.4 is 5.73 Å². The van der Waals surface area contributed by atoms with E-state index < -0.39 is 0 Å². The fraction of sp³-hybridized carbons (Fsp3) is 0.167. The zero-order chi connectivity index (χ0) is 6.69. The number of nitrogen functional groups attached to an aromatic ring is 1. The first-order valence-electron chi connectivity index (χ1n) is 2.59. The molecule has 0 bridgehead atoms.